The highest BCUT2D eigenvalue weighted by molar-refractivity contribution is 5.50. The molecule has 4 rings (SSSR count). The number of hydrogen-bond acceptors (Lipinski definition) is 7. The Morgan fingerprint density at radius 1 is 1.16 bits per heavy atom. The summed E-state index contributed by atoms with van der Waals surface area (Å²) >= 11 is 0. The predicted octanol–water partition coefficient (Wildman–Crippen LogP) is 0.534. The summed E-state index contributed by atoms with van der Waals surface area (Å²) in [4.78, 5) is 16.4. The van der Waals surface area contributed by atoms with Crippen LogP contribution in [0.1, 0.15) is 19.0 Å². The second-order valence-electron chi connectivity index (χ2n) is 7.76. The van der Waals surface area contributed by atoms with Gasteiger partial charge >= 0.3 is 0 Å². The number of aromatic nitrogens is 2. The molecule has 0 radical (unpaired) electrons. The Hall–Kier alpha value is -1.91. The molecule has 1 aromatic heterocycles. The maximum atomic E-state index is 9.46. The monoisotopic (exact) mass is 341 g/mol. The van der Waals surface area contributed by atoms with Crippen molar-refractivity contribution in [3.8, 4) is 6.07 Å². The molecule has 2 unspecified atom stereocenters. The molecule has 0 bridgehead atoms. The summed E-state index contributed by atoms with van der Waals surface area (Å²) in [5.74, 6) is 3.04. The second kappa shape index (κ2) is 6.77. The van der Waals surface area contributed by atoms with Crippen molar-refractivity contribution in [2.75, 3.05) is 62.7 Å². The zero-order chi connectivity index (χ0) is 17.4. The van der Waals surface area contributed by atoms with E-state index in [0.29, 0.717) is 29.5 Å². The fourth-order valence-corrected chi connectivity index (χ4v) is 4.48. The van der Waals surface area contributed by atoms with E-state index in [1.165, 1.54) is 0 Å². The highest BCUT2D eigenvalue weighted by Crippen LogP contribution is 2.30. The van der Waals surface area contributed by atoms with Gasteiger partial charge in [0.2, 0.25) is 5.95 Å². The Morgan fingerprint density at radius 2 is 1.92 bits per heavy atom. The van der Waals surface area contributed by atoms with E-state index in [1.807, 2.05) is 6.07 Å². The van der Waals surface area contributed by atoms with E-state index in [0.717, 1.165) is 58.1 Å². The van der Waals surface area contributed by atoms with Gasteiger partial charge in [0.1, 0.15) is 17.6 Å². The fourth-order valence-electron chi connectivity index (χ4n) is 4.48. The van der Waals surface area contributed by atoms with Crippen LogP contribution in [0.15, 0.2) is 6.07 Å². The average Bonchev–Trinajstić information content (AvgIpc) is 3.15. The Balaban J connectivity index is 1.61. The van der Waals surface area contributed by atoms with Crippen molar-refractivity contribution in [3.05, 3.63) is 11.8 Å². The zero-order valence-corrected chi connectivity index (χ0v) is 15.1. The SMILES string of the molecule is C[C@H]1CN(C)CCCN1c1nc(C#N)cc(N2CC3CNCC3C2)n1. The largest absolute Gasteiger partial charge is 0.356 e. The van der Waals surface area contributed by atoms with E-state index >= 15 is 0 Å². The van der Waals surface area contributed by atoms with Crippen LogP contribution in [-0.4, -0.2) is 73.8 Å². The molecule has 0 aliphatic carbocycles. The topological polar surface area (TPSA) is 71.3 Å². The molecule has 1 N–H and O–H groups in total. The van der Waals surface area contributed by atoms with Gasteiger partial charge in [0.25, 0.3) is 0 Å². The molecule has 1 aromatic rings. The highest BCUT2D eigenvalue weighted by Gasteiger charge is 2.37. The molecule has 0 spiro atoms. The Labute approximate surface area is 149 Å². The molecule has 0 amide bonds. The fraction of sp³-hybridized carbons (Fsp3) is 0.722. The van der Waals surface area contributed by atoms with Crippen molar-refractivity contribution < 1.29 is 0 Å². The van der Waals surface area contributed by atoms with Crippen LogP contribution in [0.3, 0.4) is 0 Å². The first-order valence-corrected chi connectivity index (χ1v) is 9.34. The molecule has 4 heterocycles. The number of nitrogens with zero attached hydrogens (tertiary/aromatic N) is 6. The number of rotatable bonds is 2. The first-order chi connectivity index (χ1) is 12.1. The molecule has 0 saturated carbocycles. The Morgan fingerprint density at radius 3 is 2.64 bits per heavy atom. The molecular formula is C18H27N7. The summed E-state index contributed by atoms with van der Waals surface area (Å²) in [6.07, 6.45) is 1.09. The molecule has 0 aromatic carbocycles. The normalized spacial score (nSPS) is 30.2. The number of nitrogens with one attached hydrogen (secondary N) is 1. The summed E-state index contributed by atoms with van der Waals surface area (Å²) < 4.78 is 0. The van der Waals surface area contributed by atoms with E-state index in [1.54, 1.807) is 0 Å². The molecule has 3 aliphatic rings. The van der Waals surface area contributed by atoms with Gasteiger partial charge in [0.15, 0.2) is 0 Å². The van der Waals surface area contributed by atoms with Gasteiger partial charge in [-0.25, -0.2) is 4.98 Å². The Kier molecular flexibility index (Phi) is 4.48. The third-order valence-electron chi connectivity index (χ3n) is 5.83. The lowest BCUT2D eigenvalue weighted by atomic mass is 10.0. The second-order valence-corrected chi connectivity index (χ2v) is 7.76. The number of anilines is 2. The van der Waals surface area contributed by atoms with Gasteiger partial charge in [-0.15, -0.1) is 0 Å². The maximum Gasteiger partial charge on any atom is 0.228 e. The first-order valence-electron chi connectivity index (χ1n) is 9.34. The molecule has 3 saturated heterocycles. The Bertz CT molecular complexity index is 658. The number of likely N-dealkylation sites (N-methyl/N-ethyl adjacent to an activating group) is 1. The summed E-state index contributed by atoms with van der Waals surface area (Å²) in [6, 6.07) is 4.43. The molecular weight excluding hydrogens is 314 g/mol. The molecule has 3 aliphatic heterocycles. The predicted molar refractivity (Wildman–Crippen MR) is 97.7 cm³/mol. The van der Waals surface area contributed by atoms with E-state index in [-0.39, 0.29) is 0 Å². The van der Waals surface area contributed by atoms with E-state index < -0.39 is 0 Å². The van der Waals surface area contributed by atoms with Crippen LogP contribution in [0.5, 0.6) is 0 Å². The zero-order valence-electron chi connectivity index (χ0n) is 15.1. The quantitative estimate of drug-likeness (QED) is 0.841. The lowest BCUT2D eigenvalue weighted by Gasteiger charge is -2.29. The highest BCUT2D eigenvalue weighted by atomic mass is 15.3. The molecule has 7 heteroatoms. The van der Waals surface area contributed by atoms with Gasteiger partial charge in [-0.1, -0.05) is 0 Å². The van der Waals surface area contributed by atoms with Gasteiger partial charge < -0.3 is 20.0 Å². The van der Waals surface area contributed by atoms with Crippen LogP contribution in [0.25, 0.3) is 0 Å². The van der Waals surface area contributed by atoms with E-state index in [4.69, 9.17) is 4.98 Å². The summed E-state index contributed by atoms with van der Waals surface area (Å²) in [7, 11) is 2.16. The van der Waals surface area contributed by atoms with E-state index in [2.05, 4.69) is 45.0 Å². The number of nitriles is 1. The van der Waals surface area contributed by atoms with Crippen molar-refractivity contribution in [3.63, 3.8) is 0 Å². The third kappa shape index (κ3) is 3.29. The van der Waals surface area contributed by atoms with Crippen molar-refractivity contribution in [1.82, 2.24) is 20.2 Å². The van der Waals surface area contributed by atoms with Crippen LogP contribution >= 0.6 is 0 Å². The van der Waals surface area contributed by atoms with Crippen LogP contribution in [0.4, 0.5) is 11.8 Å². The van der Waals surface area contributed by atoms with E-state index in [9.17, 15) is 5.26 Å². The standard InChI is InChI=1S/C18H27N7/c1-13-10-23(2)4-3-5-25(13)18-21-16(7-19)6-17(22-18)24-11-14-8-20-9-15(14)12-24/h6,13-15,20H,3-5,8-12H2,1-2H3/t13-,14?,15?/m0/s1. The van der Waals surface area contributed by atoms with Gasteiger partial charge in [-0.3, -0.25) is 0 Å². The van der Waals surface area contributed by atoms with Gasteiger partial charge in [-0.05, 0) is 38.8 Å². The minimum absolute atomic E-state index is 0.344. The van der Waals surface area contributed by atoms with Gasteiger partial charge in [-0.2, -0.15) is 10.2 Å². The number of fused-ring (bicyclic) bond motifs is 1. The van der Waals surface area contributed by atoms with Crippen molar-refractivity contribution in [1.29, 1.82) is 5.26 Å². The lowest BCUT2D eigenvalue weighted by Crippen LogP contribution is -2.39. The van der Waals surface area contributed by atoms with Crippen molar-refractivity contribution in [2.24, 2.45) is 11.8 Å². The summed E-state index contributed by atoms with van der Waals surface area (Å²) in [6.45, 7) is 9.49. The minimum atomic E-state index is 0.344. The van der Waals surface area contributed by atoms with Crippen LogP contribution in [0.2, 0.25) is 0 Å². The van der Waals surface area contributed by atoms with Crippen molar-refractivity contribution in [2.45, 2.75) is 19.4 Å². The van der Waals surface area contributed by atoms with Crippen LogP contribution < -0.4 is 15.1 Å². The summed E-state index contributed by atoms with van der Waals surface area (Å²) in [5.41, 5.74) is 0.472. The third-order valence-corrected chi connectivity index (χ3v) is 5.83. The molecule has 25 heavy (non-hydrogen) atoms. The molecule has 7 nitrogen and oxygen atoms in total. The molecule has 3 fully saturated rings. The smallest absolute Gasteiger partial charge is 0.228 e. The van der Waals surface area contributed by atoms with Gasteiger partial charge in [0.05, 0.1) is 0 Å². The van der Waals surface area contributed by atoms with Crippen molar-refractivity contribution >= 4 is 11.8 Å². The van der Waals surface area contributed by atoms with Crippen LogP contribution in [-0.2, 0) is 0 Å². The number of hydrogen-bond donors (Lipinski definition) is 1. The average molecular weight is 341 g/mol. The van der Waals surface area contributed by atoms with Gasteiger partial charge in [0, 0.05) is 51.4 Å². The van der Waals surface area contributed by atoms with Crippen LogP contribution in [0, 0.1) is 23.2 Å². The minimum Gasteiger partial charge on any atom is -0.356 e. The first kappa shape index (κ1) is 16.6. The maximum absolute atomic E-state index is 9.46. The summed E-state index contributed by atoms with van der Waals surface area (Å²) in [5, 5.41) is 12.9. The lowest BCUT2D eigenvalue weighted by molar-refractivity contribution is 0.337. The molecule has 134 valence electrons. The molecule has 3 atom stereocenters.